The third-order valence-corrected chi connectivity index (χ3v) is 4.11. The van der Waals surface area contributed by atoms with Crippen LogP contribution in [0.5, 0.6) is 0 Å². The Kier molecular flexibility index (Phi) is 2.74. The average Bonchev–Trinajstić information content (AvgIpc) is 2.96. The summed E-state index contributed by atoms with van der Waals surface area (Å²) in [4.78, 5) is 4.41. The summed E-state index contributed by atoms with van der Waals surface area (Å²) < 4.78 is 1.28. The van der Waals surface area contributed by atoms with Crippen LogP contribution in [0.1, 0.15) is 11.1 Å². The molecule has 0 bridgehead atoms. The molecule has 0 aliphatic carbocycles. The maximum atomic E-state index is 4.41. The van der Waals surface area contributed by atoms with Gasteiger partial charge in [-0.3, -0.25) is 10.6 Å². The van der Waals surface area contributed by atoms with Gasteiger partial charge in [-0.1, -0.05) is 0 Å². The van der Waals surface area contributed by atoms with Gasteiger partial charge in [0.2, 0.25) is 0 Å². The summed E-state index contributed by atoms with van der Waals surface area (Å²) in [6.07, 6.45) is 0.179. The van der Waals surface area contributed by atoms with Crippen LogP contribution in [0.3, 0.4) is 0 Å². The Bertz CT molecular complexity index is 543. The van der Waals surface area contributed by atoms with Crippen molar-refractivity contribution in [1.82, 2.24) is 15.6 Å². The molecule has 0 amide bonds. The Hall–Kier alpha value is -1.17. The number of hydrogen-bond donors (Lipinski definition) is 3. The lowest BCUT2D eigenvalue weighted by molar-refractivity contribution is 0.620. The van der Waals surface area contributed by atoms with E-state index in [1.807, 2.05) is 5.51 Å². The molecule has 0 unspecified atom stereocenters. The summed E-state index contributed by atoms with van der Waals surface area (Å²) in [5.74, 6) is 0. The number of aromatic nitrogens is 1. The second kappa shape index (κ2) is 4.25. The normalized spacial score (nSPS) is 16.8. The molecule has 1 fully saturated rings. The number of hydrogen-bond acceptors (Lipinski definition) is 5. The quantitative estimate of drug-likeness (QED) is 0.758. The molecule has 2 aromatic rings. The lowest BCUT2D eigenvalue weighted by Crippen LogP contribution is -2.38. The minimum Gasteiger partial charge on any atom is -0.357 e. The summed E-state index contributed by atoms with van der Waals surface area (Å²) in [6, 6.07) is 2.18. The number of anilines is 1. The van der Waals surface area contributed by atoms with Crippen LogP contribution >= 0.6 is 11.3 Å². The molecule has 3 N–H and O–H groups in total. The van der Waals surface area contributed by atoms with Gasteiger partial charge in [0.25, 0.3) is 0 Å². The van der Waals surface area contributed by atoms with Gasteiger partial charge in [0.05, 0.1) is 15.7 Å². The smallest absolute Gasteiger partial charge is 0.132 e. The van der Waals surface area contributed by atoms with Gasteiger partial charge in [0.15, 0.2) is 0 Å². The number of aryl methyl sites for hydroxylation is 2. The van der Waals surface area contributed by atoms with E-state index in [0.29, 0.717) is 0 Å². The summed E-state index contributed by atoms with van der Waals surface area (Å²) in [5, 5.41) is 10.2. The monoisotopic (exact) mass is 248 g/mol. The van der Waals surface area contributed by atoms with Crippen molar-refractivity contribution in [3.05, 3.63) is 22.7 Å². The summed E-state index contributed by atoms with van der Waals surface area (Å²) in [5.41, 5.74) is 6.74. The number of nitrogens with one attached hydrogen (secondary N) is 3. The van der Waals surface area contributed by atoms with Gasteiger partial charge in [-0.2, -0.15) is 0 Å². The highest BCUT2D eigenvalue weighted by molar-refractivity contribution is 7.17. The lowest BCUT2D eigenvalue weighted by Gasteiger charge is -2.17. The van der Waals surface area contributed by atoms with Crippen LogP contribution in [-0.4, -0.2) is 24.4 Å². The molecule has 1 aliphatic heterocycles. The van der Waals surface area contributed by atoms with E-state index in [1.165, 1.54) is 21.5 Å². The molecule has 3 rings (SSSR count). The van der Waals surface area contributed by atoms with E-state index in [0.717, 1.165) is 18.6 Å². The van der Waals surface area contributed by atoms with Crippen molar-refractivity contribution in [3.8, 4) is 0 Å². The van der Waals surface area contributed by atoms with Gasteiger partial charge < -0.3 is 5.32 Å². The molecular weight excluding hydrogens is 232 g/mol. The van der Waals surface area contributed by atoms with Crippen LogP contribution in [0.2, 0.25) is 0 Å². The van der Waals surface area contributed by atoms with E-state index in [-0.39, 0.29) is 6.29 Å². The first-order chi connectivity index (χ1) is 8.25. The fourth-order valence-electron chi connectivity index (χ4n) is 2.22. The minimum absolute atomic E-state index is 0.179. The van der Waals surface area contributed by atoms with Crippen molar-refractivity contribution in [1.29, 1.82) is 0 Å². The summed E-state index contributed by atoms with van der Waals surface area (Å²) in [7, 11) is 0. The summed E-state index contributed by atoms with van der Waals surface area (Å²) >= 11 is 1.71. The first-order valence-corrected chi connectivity index (χ1v) is 6.70. The third kappa shape index (κ3) is 1.90. The molecule has 1 aromatic heterocycles. The molecule has 1 aliphatic rings. The van der Waals surface area contributed by atoms with E-state index in [2.05, 4.69) is 40.8 Å². The predicted molar refractivity (Wildman–Crippen MR) is 72.5 cm³/mol. The largest absolute Gasteiger partial charge is 0.357 e. The molecule has 0 saturated carbocycles. The van der Waals surface area contributed by atoms with Gasteiger partial charge in [0.1, 0.15) is 6.29 Å². The van der Waals surface area contributed by atoms with E-state index >= 15 is 0 Å². The molecule has 90 valence electrons. The highest BCUT2D eigenvalue weighted by Gasteiger charge is 2.15. The zero-order chi connectivity index (χ0) is 11.8. The molecular formula is C12H16N4S. The van der Waals surface area contributed by atoms with Crippen molar-refractivity contribution in [2.24, 2.45) is 0 Å². The van der Waals surface area contributed by atoms with Crippen LogP contribution in [0, 0.1) is 13.8 Å². The molecule has 0 atom stereocenters. The highest BCUT2D eigenvalue weighted by atomic mass is 32.1. The average molecular weight is 248 g/mol. The third-order valence-electron chi connectivity index (χ3n) is 3.17. The van der Waals surface area contributed by atoms with Crippen molar-refractivity contribution in [3.63, 3.8) is 0 Å². The highest BCUT2D eigenvalue weighted by Crippen LogP contribution is 2.31. The van der Waals surface area contributed by atoms with Crippen molar-refractivity contribution in [2.75, 3.05) is 18.4 Å². The van der Waals surface area contributed by atoms with E-state index in [4.69, 9.17) is 0 Å². The molecule has 5 heteroatoms. The van der Waals surface area contributed by atoms with Crippen molar-refractivity contribution < 1.29 is 0 Å². The van der Waals surface area contributed by atoms with Gasteiger partial charge in [-0.15, -0.1) is 11.3 Å². The molecule has 1 saturated heterocycles. The maximum absolute atomic E-state index is 4.41. The fourth-order valence-corrected chi connectivity index (χ4v) is 3.10. The zero-order valence-electron chi connectivity index (χ0n) is 10.0. The topological polar surface area (TPSA) is 49.0 Å². The summed E-state index contributed by atoms with van der Waals surface area (Å²) in [6.45, 7) is 6.29. The number of fused-ring (bicyclic) bond motifs is 1. The predicted octanol–water partition coefficient (Wildman–Crippen LogP) is 1.80. The Morgan fingerprint density at radius 2 is 2.12 bits per heavy atom. The second-order valence-corrected chi connectivity index (χ2v) is 5.24. The maximum Gasteiger partial charge on any atom is 0.132 e. The number of benzene rings is 1. The van der Waals surface area contributed by atoms with Crippen molar-refractivity contribution >= 4 is 27.2 Å². The van der Waals surface area contributed by atoms with Crippen LogP contribution in [0.25, 0.3) is 10.2 Å². The van der Waals surface area contributed by atoms with Gasteiger partial charge in [-0.05, 0) is 31.0 Å². The number of rotatable bonds is 2. The van der Waals surface area contributed by atoms with Gasteiger partial charge >= 0.3 is 0 Å². The molecule has 17 heavy (non-hydrogen) atoms. The van der Waals surface area contributed by atoms with Crippen molar-refractivity contribution in [2.45, 2.75) is 20.1 Å². The Labute approximate surface area is 104 Å². The molecule has 4 nitrogen and oxygen atoms in total. The Morgan fingerprint density at radius 3 is 2.88 bits per heavy atom. The van der Waals surface area contributed by atoms with Gasteiger partial charge in [0, 0.05) is 18.8 Å². The number of thiazole rings is 1. The molecule has 0 spiro atoms. The molecule has 1 aromatic carbocycles. The minimum atomic E-state index is 0.179. The van der Waals surface area contributed by atoms with Crippen LogP contribution in [0.4, 0.5) is 5.69 Å². The number of nitrogens with zero attached hydrogens (tertiary/aromatic N) is 1. The van der Waals surface area contributed by atoms with Gasteiger partial charge in [-0.25, -0.2) is 4.98 Å². The molecule has 0 radical (unpaired) electrons. The SMILES string of the molecule is Cc1cc(NC2NCCN2)c(C)c2scnc12. The molecule has 2 heterocycles. The lowest BCUT2D eigenvalue weighted by atomic mass is 10.1. The van der Waals surface area contributed by atoms with E-state index in [9.17, 15) is 0 Å². The van der Waals surface area contributed by atoms with E-state index in [1.54, 1.807) is 11.3 Å². The second-order valence-electron chi connectivity index (χ2n) is 4.38. The van der Waals surface area contributed by atoms with Crippen LogP contribution in [0.15, 0.2) is 11.6 Å². The van der Waals surface area contributed by atoms with Crippen LogP contribution in [-0.2, 0) is 0 Å². The van der Waals surface area contributed by atoms with Crippen LogP contribution < -0.4 is 16.0 Å². The first kappa shape index (κ1) is 11.0. The first-order valence-electron chi connectivity index (χ1n) is 5.82. The van der Waals surface area contributed by atoms with E-state index < -0.39 is 0 Å². The fraction of sp³-hybridized carbons (Fsp3) is 0.417. The Balaban J connectivity index is 2.00. The zero-order valence-corrected chi connectivity index (χ0v) is 10.8. The Morgan fingerprint density at radius 1 is 1.35 bits per heavy atom. The standard InChI is InChI=1S/C12H16N4S/c1-7-5-9(16-12-13-3-4-14-12)8(2)11-10(7)15-6-17-11/h5-6,12-14,16H,3-4H2,1-2H3.